The summed E-state index contributed by atoms with van der Waals surface area (Å²) in [6.45, 7) is 8.52. The minimum absolute atomic E-state index is 0.0680. The number of hydrogen-bond acceptors (Lipinski definition) is 3. The predicted octanol–water partition coefficient (Wildman–Crippen LogP) is 2.78. The van der Waals surface area contributed by atoms with Crippen molar-refractivity contribution in [2.45, 2.75) is 53.2 Å². The van der Waals surface area contributed by atoms with Crippen molar-refractivity contribution in [1.29, 1.82) is 0 Å². The molecule has 0 aliphatic heterocycles. The fourth-order valence-corrected chi connectivity index (χ4v) is 3.32. The summed E-state index contributed by atoms with van der Waals surface area (Å²) in [4.78, 5) is 25.1. The van der Waals surface area contributed by atoms with Gasteiger partial charge < -0.3 is 9.88 Å². The van der Waals surface area contributed by atoms with E-state index in [1.165, 1.54) is 10.2 Å². The van der Waals surface area contributed by atoms with Gasteiger partial charge in [-0.1, -0.05) is 37.3 Å². The minimum Gasteiger partial charge on any atom is -0.352 e. The number of carbonyl (C=O) groups excluding carboxylic acids is 1. The molecule has 0 radical (unpaired) electrons. The maximum atomic E-state index is 13.0. The van der Waals surface area contributed by atoms with Crippen LogP contribution < -0.4 is 10.9 Å². The Kier molecular flexibility index (Phi) is 5.44. The van der Waals surface area contributed by atoms with E-state index in [0.29, 0.717) is 11.9 Å². The molecule has 2 heterocycles. The van der Waals surface area contributed by atoms with Gasteiger partial charge in [-0.15, -0.1) is 0 Å². The largest absolute Gasteiger partial charge is 0.352 e. The summed E-state index contributed by atoms with van der Waals surface area (Å²) in [6.07, 6.45) is 2.53. The average Bonchev–Trinajstić information content (AvgIpc) is 2.90. The molecule has 1 atom stereocenters. The van der Waals surface area contributed by atoms with Gasteiger partial charge in [0, 0.05) is 29.4 Å². The molecule has 1 amide bonds. The first-order chi connectivity index (χ1) is 12.9. The van der Waals surface area contributed by atoms with Crippen LogP contribution in [-0.4, -0.2) is 26.3 Å². The van der Waals surface area contributed by atoms with Gasteiger partial charge >= 0.3 is 0 Å². The molecular weight excluding hydrogens is 340 g/mol. The fourth-order valence-electron chi connectivity index (χ4n) is 3.32. The van der Waals surface area contributed by atoms with Crippen LogP contribution in [-0.2, 0) is 17.9 Å². The topological polar surface area (TPSA) is 68.9 Å². The van der Waals surface area contributed by atoms with Crippen LogP contribution in [0, 0.1) is 13.8 Å². The van der Waals surface area contributed by atoms with Crippen LogP contribution in [0.25, 0.3) is 10.8 Å². The van der Waals surface area contributed by atoms with Crippen molar-refractivity contribution in [3.05, 3.63) is 63.8 Å². The van der Waals surface area contributed by atoms with Crippen LogP contribution in [0.4, 0.5) is 0 Å². The zero-order valence-electron chi connectivity index (χ0n) is 16.3. The number of amides is 1. The third kappa shape index (κ3) is 3.79. The zero-order valence-corrected chi connectivity index (χ0v) is 16.3. The number of benzene rings is 1. The van der Waals surface area contributed by atoms with Crippen LogP contribution in [0.5, 0.6) is 0 Å². The Morgan fingerprint density at radius 3 is 2.56 bits per heavy atom. The highest BCUT2D eigenvalue weighted by atomic mass is 16.2. The molecule has 0 bridgehead atoms. The first-order valence-electron chi connectivity index (χ1n) is 9.31. The van der Waals surface area contributed by atoms with E-state index in [1.807, 2.05) is 45.9 Å². The number of carbonyl (C=O) groups is 1. The number of hydrogen-bond donors (Lipinski definition) is 1. The molecule has 3 aromatic rings. The van der Waals surface area contributed by atoms with Crippen LogP contribution in [0.1, 0.15) is 37.2 Å². The van der Waals surface area contributed by atoms with Crippen molar-refractivity contribution in [3.8, 4) is 0 Å². The first-order valence-corrected chi connectivity index (χ1v) is 9.31. The molecule has 0 aliphatic rings. The highest BCUT2D eigenvalue weighted by Gasteiger charge is 2.17. The lowest BCUT2D eigenvalue weighted by atomic mass is 10.2. The van der Waals surface area contributed by atoms with Crippen molar-refractivity contribution in [1.82, 2.24) is 19.7 Å². The summed E-state index contributed by atoms with van der Waals surface area (Å²) < 4.78 is 3.38. The Balaban J connectivity index is 1.97. The molecule has 27 heavy (non-hydrogen) atoms. The Morgan fingerprint density at radius 2 is 1.89 bits per heavy atom. The van der Waals surface area contributed by atoms with E-state index in [0.717, 1.165) is 23.2 Å². The number of fused-ring (bicyclic) bond motifs is 1. The molecule has 0 aliphatic carbocycles. The second kappa shape index (κ2) is 7.78. The molecule has 0 fully saturated rings. The first kappa shape index (κ1) is 18.9. The molecule has 1 N–H and O–H groups in total. The van der Waals surface area contributed by atoms with Gasteiger partial charge in [0.2, 0.25) is 5.91 Å². The van der Waals surface area contributed by atoms with Crippen molar-refractivity contribution in [3.63, 3.8) is 0 Å². The monoisotopic (exact) mass is 366 g/mol. The molecule has 0 spiro atoms. The summed E-state index contributed by atoms with van der Waals surface area (Å²) in [5.41, 5.74) is 2.85. The molecule has 6 heteroatoms. The lowest BCUT2D eigenvalue weighted by molar-refractivity contribution is -0.122. The summed E-state index contributed by atoms with van der Waals surface area (Å²) in [6, 6.07) is 10.2. The van der Waals surface area contributed by atoms with Gasteiger partial charge in [0.25, 0.3) is 5.56 Å². The van der Waals surface area contributed by atoms with Crippen LogP contribution in [0.3, 0.4) is 0 Å². The Bertz CT molecular complexity index is 1020. The lowest BCUT2D eigenvalue weighted by Gasteiger charge is -2.11. The zero-order chi connectivity index (χ0) is 19.6. The van der Waals surface area contributed by atoms with Crippen LogP contribution in [0.15, 0.2) is 41.3 Å². The summed E-state index contributed by atoms with van der Waals surface area (Å²) in [5, 5.41) is 8.58. The average molecular weight is 366 g/mol. The number of nitrogens with one attached hydrogen (secondary N) is 1. The van der Waals surface area contributed by atoms with Crippen LogP contribution >= 0.6 is 0 Å². The van der Waals surface area contributed by atoms with Crippen molar-refractivity contribution in [2.75, 3.05) is 0 Å². The molecule has 0 unspecified atom stereocenters. The third-order valence-electron chi connectivity index (χ3n) is 5.10. The molecule has 6 nitrogen and oxygen atoms in total. The Hall–Kier alpha value is -2.89. The van der Waals surface area contributed by atoms with Gasteiger partial charge in [-0.3, -0.25) is 9.59 Å². The third-order valence-corrected chi connectivity index (χ3v) is 5.10. The van der Waals surface area contributed by atoms with Gasteiger partial charge in [0.15, 0.2) is 0 Å². The molecule has 142 valence electrons. The molecule has 1 aromatic carbocycles. The highest BCUT2D eigenvalue weighted by molar-refractivity contribution is 5.87. The number of nitrogens with zero attached hydrogens (tertiary/aromatic N) is 3. The molecular formula is C21H26N4O2. The standard InChI is InChI=1S/C21H26N4O2/c1-5-14(2)23-19(26)13-25-21(27)20-16(4)24(15(3)18(20)11-22-25)12-17-9-7-6-8-10-17/h6-11,14H,5,12-13H2,1-4H3,(H,23,26)/t14-/m1/s1. The van der Waals surface area contributed by atoms with E-state index in [9.17, 15) is 9.59 Å². The van der Waals surface area contributed by atoms with E-state index in [-0.39, 0.29) is 24.1 Å². The summed E-state index contributed by atoms with van der Waals surface area (Å²) in [5.74, 6) is -0.198. The van der Waals surface area contributed by atoms with E-state index in [2.05, 4.69) is 27.1 Å². The van der Waals surface area contributed by atoms with Crippen LogP contribution in [0.2, 0.25) is 0 Å². The highest BCUT2D eigenvalue weighted by Crippen LogP contribution is 2.23. The second-order valence-electron chi connectivity index (χ2n) is 7.02. The van der Waals surface area contributed by atoms with E-state index >= 15 is 0 Å². The van der Waals surface area contributed by atoms with Crippen molar-refractivity contribution >= 4 is 16.7 Å². The van der Waals surface area contributed by atoms with E-state index in [1.54, 1.807) is 6.20 Å². The molecule has 2 aromatic heterocycles. The van der Waals surface area contributed by atoms with Gasteiger partial charge in [-0.25, -0.2) is 4.68 Å². The fraction of sp³-hybridized carbons (Fsp3) is 0.381. The molecule has 0 saturated carbocycles. The molecule has 3 rings (SSSR count). The van der Waals surface area contributed by atoms with Gasteiger partial charge in [-0.05, 0) is 32.8 Å². The smallest absolute Gasteiger partial charge is 0.276 e. The summed E-state index contributed by atoms with van der Waals surface area (Å²) in [7, 11) is 0. The van der Waals surface area contributed by atoms with Gasteiger partial charge in [0.1, 0.15) is 6.54 Å². The van der Waals surface area contributed by atoms with E-state index in [4.69, 9.17) is 0 Å². The molecule has 0 saturated heterocycles. The van der Waals surface area contributed by atoms with Crippen molar-refractivity contribution in [2.24, 2.45) is 0 Å². The SMILES string of the molecule is CC[C@@H](C)NC(=O)Cn1ncc2c(C)n(Cc3ccccc3)c(C)c2c1=O. The second-order valence-corrected chi connectivity index (χ2v) is 7.02. The number of aryl methyl sites for hydroxylation is 2. The maximum Gasteiger partial charge on any atom is 0.276 e. The van der Waals surface area contributed by atoms with Gasteiger partial charge in [0.05, 0.1) is 11.6 Å². The normalized spacial score (nSPS) is 12.3. The Morgan fingerprint density at radius 1 is 1.19 bits per heavy atom. The lowest BCUT2D eigenvalue weighted by Crippen LogP contribution is -2.37. The predicted molar refractivity (Wildman–Crippen MR) is 107 cm³/mol. The van der Waals surface area contributed by atoms with Crippen molar-refractivity contribution < 1.29 is 4.79 Å². The van der Waals surface area contributed by atoms with E-state index < -0.39 is 0 Å². The number of rotatable bonds is 6. The Labute approximate surface area is 158 Å². The van der Waals surface area contributed by atoms with Gasteiger partial charge in [-0.2, -0.15) is 5.10 Å². The quantitative estimate of drug-likeness (QED) is 0.729. The summed E-state index contributed by atoms with van der Waals surface area (Å²) >= 11 is 0. The number of aromatic nitrogens is 3. The maximum absolute atomic E-state index is 13.0. The minimum atomic E-state index is -0.223.